The van der Waals surface area contributed by atoms with E-state index in [1.54, 1.807) is 0 Å². The molecule has 11 rings (SSSR count). The van der Waals surface area contributed by atoms with Gasteiger partial charge in [-0.1, -0.05) is 182 Å². The van der Waals surface area contributed by atoms with Crippen LogP contribution in [-0.2, 0) is 0 Å². The van der Waals surface area contributed by atoms with E-state index < -0.39 is 0 Å². The Morgan fingerprint density at radius 1 is 0.259 bits per heavy atom. The van der Waals surface area contributed by atoms with Gasteiger partial charge in [0.1, 0.15) is 0 Å². The molecule has 1 atom stereocenters. The Balaban J connectivity index is 1.13. The van der Waals surface area contributed by atoms with Gasteiger partial charge in [0, 0.05) is 22.9 Å². The summed E-state index contributed by atoms with van der Waals surface area (Å²) in [5.74, 6) is 0.0314. The zero-order valence-electron chi connectivity index (χ0n) is 32.0. The van der Waals surface area contributed by atoms with Crippen molar-refractivity contribution in [2.24, 2.45) is 0 Å². The maximum atomic E-state index is 2.46. The molecule has 1 nitrogen and oxygen atoms in total. The first-order valence-electron chi connectivity index (χ1n) is 20.1. The predicted molar refractivity (Wildman–Crippen MR) is 245 cm³/mol. The minimum Gasteiger partial charge on any atom is -0.310 e. The predicted octanol–water partition coefficient (Wildman–Crippen LogP) is 15.6. The second-order valence-corrected chi connectivity index (χ2v) is 15.3. The van der Waals surface area contributed by atoms with E-state index in [2.05, 4.69) is 235 Å². The Morgan fingerprint density at radius 2 is 0.776 bits per heavy atom. The maximum absolute atomic E-state index is 2.46. The molecule has 0 saturated carbocycles. The van der Waals surface area contributed by atoms with E-state index in [1.165, 1.54) is 82.7 Å². The molecule has 272 valence electrons. The van der Waals surface area contributed by atoms with E-state index >= 15 is 0 Å². The average Bonchev–Trinajstić information content (AvgIpc) is 3.63. The van der Waals surface area contributed by atoms with Gasteiger partial charge in [0.15, 0.2) is 0 Å². The minimum absolute atomic E-state index is 0.0314. The van der Waals surface area contributed by atoms with Crippen LogP contribution in [0.25, 0.3) is 66.1 Å². The number of anilines is 3. The van der Waals surface area contributed by atoms with Crippen molar-refractivity contribution in [2.75, 3.05) is 4.90 Å². The lowest BCUT2D eigenvalue weighted by Gasteiger charge is -2.29. The van der Waals surface area contributed by atoms with Crippen LogP contribution in [0.3, 0.4) is 0 Å². The highest BCUT2D eigenvalue weighted by Crippen LogP contribution is 2.53. The molecule has 1 unspecified atom stereocenters. The molecule has 0 aromatic heterocycles. The number of hydrogen-bond acceptors (Lipinski definition) is 1. The summed E-state index contributed by atoms with van der Waals surface area (Å²) < 4.78 is 0. The van der Waals surface area contributed by atoms with Crippen LogP contribution in [0, 0.1) is 0 Å². The summed E-state index contributed by atoms with van der Waals surface area (Å²) in [4.78, 5) is 2.45. The molecule has 0 N–H and O–H groups in total. The number of fused-ring (bicyclic) bond motifs is 5. The Hall–Kier alpha value is -7.48. The lowest BCUT2D eigenvalue weighted by Crippen LogP contribution is -2.12. The molecular formula is C57H39N. The fraction of sp³-hybridized carbons (Fsp3) is 0.0175. The van der Waals surface area contributed by atoms with Crippen LogP contribution >= 0.6 is 0 Å². The van der Waals surface area contributed by atoms with Crippen LogP contribution in [-0.4, -0.2) is 0 Å². The third-order valence-electron chi connectivity index (χ3n) is 11.9. The zero-order valence-corrected chi connectivity index (χ0v) is 32.0. The van der Waals surface area contributed by atoms with Gasteiger partial charge in [-0.05, 0) is 126 Å². The standard InChI is InChI=1S/C57H39N/c1-3-15-39(16-4-1)41-29-31-47(32-30-41)58(56-26-14-13-23-49(56)42-18-5-2-6-19-42)48-33-34-51-50-24-11-12-25-52(50)57(55(51)38-48)54-37-45-22-10-9-21-44(45)36-53(54)46-28-27-40-17-7-8-20-43(40)35-46/h1-38,57H. The summed E-state index contributed by atoms with van der Waals surface area (Å²) in [6.07, 6.45) is 0. The Bertz CT molecular complexity index is 3110. The number of hydrogen-bond donors (Lipinski definition) is 0. The monoisotopic (exact) mass is 737 g/mol. The van der Waals surface area contributed by atoms with Crippen LogP contribution in [0.5, 0.6) is 0 Å². The first-order chi connectivity index (χ1) is 28.8. The van der Waals surface area contributed by atoms with Gasteiger partial charge in [-0.2, -0.15) is 0 Å². The quantitative estimate of drug-likeness (QED) is 0.157. The van der Waals surface area contributed by atoms with Crippen molar-refractivity contribution < 1.29 is 0 Å². The molecule has 10 aromatic rings. The lowest BCUT2D eigenvalue weighted by atomic mass is 9.82. The van der Waals surface area contributed by atoms with Crippen LogP contribution < -0.4 is 4.90 Å². The second kappa shape index (κ2) is 14.2. The van der Waals surface area contributed by atoms with Crippen molar-refractivity contribution in [3.05, 3.63) is 247 Å². The van der Waals surface area contributed by atoms with Crippen LogP contribution in [0.2, 0.25) is 0 Å². The lowest BCUT2D eigenvalue weighted by molar-refractivity contribution is 1.02. The molecule has 1 aliphatic rings. The van der Waals surface area contributed by atoms with Crippen molar-refractivity contribution in [2.45, 2.75) is 5.92 Å². The molecule has 1 heteroatoms. The molecule has 58 heavy (non-hydrogen) atoms. The van der Waals surface area contributed by atoms with Gasteiger partial charge in [-0.25, -0.2) is 0 Å². The van der Waals surface area contributed by atoms with E-state index in [1.807, 2.05) is 0 Å². The van der Waals surface area contributed by atoms with E-state index in [9.17, 15) is 0 Å². The third-order valence-corrected chi connectivity index (χ3v) is 11.9. The molecule has 0 bridgehead atoms. The summed E-state index contributed by atoms with van der Waals surface area (Å²) in [6, 6.07) is 84.6. The summed E-state index contributed by atoms with van der Waals surface area (Å²) in [6.45, 7) is 0. The first kappa shape index (κ1) is 33.8. The molecule has 10 aromatic carbocycles. The fourth-order valence-corrected chi connectivity index (χ4v) is 9.16. The summed E-state index contributed by atoms with van der Waals surface area (Å²) in [5, 5.41) is 5.00. The molecule has 0 amide bonds. The van der Waals surface area contributed by atoms with Gasteiger partial charge in [0.25, 0.3) is 0 Å². The van der Waals surface area contributed by atoms with E-state index in [0.717, 1.165) is 17.1 Å². The second-order valence-electron chi connectivity index (χ2n) is 15.3. The summed E-state index contributed by atoms with van der Waals surface area (Å²) >= 11 is 0. The van der Waals surface area contributed by atoms with Gasteiger partial charge in [-0.15, -0.1) is 0 Å². The van der Waals surface area contributed by atoms with Crippen molar-refractivity contribution in [1.29, 1.82) is 0 Å². The van der Waals surface area contributed by atoms with Crippen LogP contribution in [0.1, 0.15) is 22.6 Å². The number of nitrogens with zero attached hydrogens (tertiary/aromatic N) is 1. The van der Waals surface area contributed by atoms with E-state index in [4.69, 9.17) is 0 Å². The SMILES string of the molecule is c1ccc(-c2ccc(N(c3ccc4c(c3)C(c3cc5ccccc5cc3-c3ccc5ccccc5c3)c3ccccc3-4)c3ccccc3-c3ccccc3)cc2)cc1. The van der Waals surface area contributed by atoms with Crippen molar-refractivity contribution in [3.8, 4) is 44.5 Å². The highest BCUT2D eigenvalue weighted by atomic mass is 15.1. The normalized spacial score (nSPS) is 13.0. The fourth-order valence-electron chi connectivity index (χ4n) is 9.16. The largest absolute Gasteiger partial charge is 0.310 e. The Labute approximate surface area is 339 Å². The number of rotatable bonds is 7. The summed E-state index contributed by atoms with van der Waals surface area (Å²) in [5.41, 5.74) is 17.2. The van der Waals surface area contributed by atoms with Gasteiger partial charge in [0.05, 0.1) is 5.69 Å². The molecule has 0 fully saturated rings. The molecule has 0 aliphatic heterocycles. The molecule has 0 spiro atoms. The van der Waals surface area contributed by atoms with Crippen molar-refractivity contribution in [3.63, 3.8) is 0 Å². The smallest absolute Gasteiger partial charge is 0.0540 e. The van der Waals surface area contributed by atoms with Crippen LogP contribution in [0.4, 0.5) is 17.1 Å². The van der Waals surface area contributed by atoms with Crippen molar-refractivity contribution in [1.82, 2.24) is 0 Å². The molecular weight excluding hydrogens is 699 g/mol. The first-order valence-corrected chi connectivity index (χ1v) is 20.1. The van der Waals surface area contributed by atoms with Crippen LogP contribution in [0.15, 0.2) is 231 Å². The highest BCUT2D eigenvalue weighted by molar-refractivity contribution is 5.96. The minimum atomic E-state index is 0.0314. The average molecular weight is 738 g/mol. The topological polar surface area (TPSA) is 3.24 Å². The Morgan fingerprint density at radius 3 is 1.53 bits per heavy atom. The zero-order chi connectivity index (χ0) is 38.4. The molecule has 0 radical (unpaired) electrons. The van der Waals surface area contributed by atoms with Gasteiger partial charge >= 0.3 is 0 Å². The van der Waals surface area contributed by atoms with E-state index in [-0.39, 0.29) is 5.92 Å². The molecule has 1 aliphatic carbocycles. The molecule has 0 heterocycles. The maximum Gasteiger partial charge on any atom is 0.0540 e. The summed E-state index contributed by atoms with van der Waals surface area (Å²) in [7, 11) is 0. The third kappa shape index (κ3) is 5.88. The number of benzene rings is 10. The Kier molecular flexibility index (Phi) is 8.30. The molecule has 0 saturated heterocycles. The highest BCUT2D eigenvalue weighted by Gasteiger charge is 2.33. The van der Waals surface area contributed by atoms with Crippen molar-refractivity contribution >= 4 is 38.6 Å². The van der Waals surface area contributed by atoms with E-state index in [0.29, 0.717) is 0 Å². The van der Waals surface area contributed by atoms with Gasteiger partial charge in [-0.3, -0.25) is 0 Å². The number of para-hydroxylation sites is 1. The van der Waals surface area contributed by atoms with Gasteiger partial charge < -0.3 is 4.90 Å². The van der Waals surface area contributed by atoms with Gasteiger partial charge in [0.2, 0.25) is 0 Å².